The van der Waals surface area contributed by atoms with Crippen LogP contribution in [0.15, 0.2) is 24.3 Å². The van der Waals surface area contributed by atoms with E-state index in [1.165, 1.54) is 11.1 Å². The molecule has 1 rings (SSSR count). The molecule has 0 aliphatic carbocycles. The first kappa shape index (κ1) is 12.7. The van der Waals surface area contributed by atoms with Gasteiger partial charge < -0.3 is 5.73 Å². The monoisotopic (exact) mass is 220 g/mol. The molecule has 0 saturated carbocycles. The summed E-state index contributed by atoms with van der Waals surface area (Å²) in [7, 11) is 0. The number of hydrogen-bond acceptors (Lipinski definition) is 2. The van der Waals surface area contributed by atoms with E-state index in [0.717, 1.165) is 0 Å². The quantitative estimate of drug-likeness (QED) is 0.796. The van der Waals surface area contributed by atoms with Crippen LogP contribution in [0.3, 0.4) is 0 Å². The number of carbonyl (C=O) groups is 1. The number of nitrogens with one attached hydrogen (secondary N) is 1. The van der Waals surface area contributed by atoms with Crippen molar-refractivity contribution in [1.82, 2.24) is 5.32 Å². The first-order chi connectivity index (χ1) is 7.54. The lowest BCUT2D eigenvalue weighted by atomic mass is 10.0. The van der Waals surface area contributed by atoms with Crippen LogP contribution >= 0.6 is 0 Å². The van der Waals surface area contributed by atoms with Gasteiger partial charge in [-0.3, -0.25) is 10.1 Å². The Labute approximate surface area is 97.0 Å². The number of amides is 1. The zero-order chi connectivity index (χ0) is 12.1. The minimum Gasteiger partial charge on any atom is -0.368 e. The van der Waals surface area contributed by atoms with Crippen molar-refractivity contribution in [2.45, 2.75) is 39.3 Å². The third-order valence-corrected chi connectivity index (χ3v) is 2.75. The minimum atomic E-state index is -0.290. The molecule has 3 nitrogen and oxygen atoms in total. The second-order valence-electron chi connectivity index (χ2n) is 4.17. The van der Waals surface area contributed by atoms with E-state index in [1.807, 2.05) is 19.9 Å². The summed E-state index contributed by atoms with van der Waals surface area (Å²) in [5.41, 5.74) is 7.70. The molecule has 0 aliphatic rings. The molecular formula is C13H20N2O. The van der Waals surface area contributed by atoms with E-state index < -0.39 is 0 Å². The molecule has 88 valence electrons. The standard InChI is InChI=1S/C13H20N2O/c1-4-12(13(14)16)15-10(3)11-7-5-6-9(2)8-11/h5-8,10,12,15H,4H2,1-3H3,(H2,14,16)/t10-,12?/m1/s1. The lowest BCUT2D eigenvalue weighted by molar-refractivity contribution is -0.120. The molecule has 1 aromatic carbocycles. The molecule has 1 unspecified atom stereocenters. The van der Waals surface area contributed by atoms with E-state index in [1.54, 1.807) is 0 Å². The van der Waals surface area contributed by atoms with Gasteiger partial charge in [-0.2, -0.15) is 0 Å². The van der Waals surface area contributed by atoms with E-state index in [9.17, 15) is 4.79 Å². The second kappa shape index (κ2) is 5.66. The third-order valence-electron chi connectivity index (χ3n) is 2.75. The number of primary amides is 1. The number of rotatable bonds is 5. The summed E-state index contributed by atoms with van der Waals surface area (Å²) >= 11 is 0. The highest BCUT2D eigenvalue weighted by Crippen LogP contribution is 2.14. The van der Waals surface area contributed by atoms with E-state index in [-0.39, 0.29) is 18.0 Å². The van der Waals surface area contributed by atoms with Crippen molar-refractivity contribution in [3.63, 3.8) is 0 Å². The van der Waals surface area contributed by atoms with E-state index in [2.05, 4.69) is 30.4 Å². The number of hydrogen-bond donors (Lipinski definition) is 2. The number of nitrogens with two attached hydrogens (primary N) is 1. The van der Waals surface area contributed by atoms with Gasteiger partial charge in [0.2, 0.25) is 5.91 Å². The molecular weight excluding hydrogens is 200 g/mol. The highest BCUT2D eigenvalue weighted by molar-refractivity contribution is 5.79. The first-order valence-electron chi connectivity index (χ1n) is 5.66. The van der Waals surface area contributed by atoms with Crippen LogP contribution in [0.1, 0.15) is 37.4 Å². The lowest BCUT2D eigenvalue weighted by Crippen LogP contribution is -2.41. The molecule has 0 spiro atoms. The first-order valence-corrected chi connectivity index (χ1v) is 5.66. The smallest absolute Gasteiger partial charge is 0.234 e. The van der Waals surface area contributed by atoms with Crippen LogP contribution < -0.4 is 11.1 Å². The van der Waals surface area contributed by atoms with Gasteiger partial charge in [0.25, 0.3) is 0 Å². The van der Waals surface area contributed by atoms with Crippen LogP contribution in [0.5, 0.6) is 0 Å². The van der Waals surface area contributed by atoms with Crippen LogP contribution in [0.2, 0.25) is 0 Å². The average Bonchev–Trinajstić information content (AvgIpc) is 2.25. The summed E-state index contributed by atoms with van der Waals surface area (Å²) in [6.07, 6.45) is 0.714. The van der Waals surface area contributed by atoms with Gasteiger partial charge in [-0.15, -0.1) is 0 Å². The molecule has 0 fully saturated rings. The molecule has 1 aromatic rings. The summed E-state index contributed by atoms with van der Waals surface area (Å²) < 4.78 is 0. The average molecular weight is 220 g/mol. The topological polar surface area (TPSA) is 55.1 Å². The van der Waals surface area contributed by atoms with Gasteiger partial charge >= 0.3 is 0 Å². The molecule has 3 N–H and O–H groups in total. The van der Waals surface area contributed by atoms with Crippen molar-refractivity contribution in [1.29, 1.82) is 0 Å². The van der Waals surface area contributed by atoms with Gasteiger partial charge in [0.15, 0.2) is 0 Å². The normalized spacial score (nSPS) is 14.4. The van der Waals surface area contributed by atoms with Crippen LogP contribution in [0.4, 0.5) is 0 Å². The Hall–Kier alpha value is -1.35. The van der Waals surface area contributed by atoms with Gasteiger partial charge in [-0.1, -0.05) is 36.8 Å². The Morgan fingerprint density at radius 2 is 2.19 bits per heavy atom. The summed E-state index contributed by atoms with van der Waals surface area (Å²) in [5.74, 6) is -0.290. The Balaban J connectivity index is 2.71. The van der Waals surface area contributed by atoms with Crippen molar-refractivity contribution in [3.8, 4) is 0 Å². The molecule has 0 aromatic heterocycles. The molecule has 16 heavy (non-hydrogen) atoms. The Bertz CT molecular complexity index is 363. The predicted octanol–water partition coefficient (Wildman–Crippen LogP) is 1.91. The fourth-order valence-corrected chi connectivity index (χ4v) is 1.74. The van der Waals surface area contributed by atoms with Crippen molar-refractivity contribution in [3.05, 3.63) is 35.4 Å². The third kappa shape index (κ3) is 3.35. The molecule has 0 radical (unpaired) electrons. The zero-order valence-electron chi connectivity index (χ0n) is 10.2. The molecule has 3 heteroatoms. The van der Waals surface area contributed by atoms with E-state index in [0.29, 0.717) is 6.42 Å². The Kier molecular flexibility index (Phi) is 4.50. The number of benzene rings is 1. The number of aryl methyl sites for hydroxylation is 1. The molecule has 2 atom stereocenters. The zero-order valence-corrected chi connectivity index (χ0v) is 10.2. The summed E-state index contributed by atoms with van der Waals surface area (Å²) in [5, 5.41) is 3.24. The van der Waals surface area contributed by atoms with Gasteiger partial charge in [-0.05, 0) is 25.8 Å². The fourth-order valence-electron chi connectivity index (χ4n) is 1.74. The van der Waals surface area contributed by atoms with Crippen LogP contribution in [-0.4, -0.2) is 11.9 Å². The van der Waals surface area contributed by atoms with E-state index >= 15 is 0 Å². The SMILES string of the molecule is CCC(N[C@H](C)c1cccc(C)c1)C(N)=O. The van der Waals surface area contributed by atoms with Crippen LogP contribution in [0, 0.1) is 6.92 Å². The summed E-state index contributed by atoms with van der Waals surface area (Å²) in [6, 6.07) is 8.13. The van der Waals surface area contributed by atoms with E-state index in [4.69, 9.17) is 5.73 Å². The molecule has 0 saturated heterocycles. The predicted molar refractivity (Wildman–Crippen MR) is 66.0 cm³/mol. The maximum Gasteiger partial charge on any atom is 0.234 e. The van der Waals surface area contributed by atoms with Gasteiger partial charge in [0.05, 0.1) is 6.04 Å². The lowest BCUT2D eigenvalue weighted by Gasteiger charge is -2.20. The van der Waals surface area contributed by atoms with Crippen LogP contribution in [-0.2, 0) is 4.79 Å². The molecule has 0 aliphatic heterocycles. The van der Waals surface area contributed by atoms with Gasteiger partial charge in [-0.25, -0.2) is 0 Å². The van der Waals surface area contributed by atoms with Crippen molar-refractivity contribution >= 4 is 5.91 Å². The summed E-state index contributed by atoms with van der Waals surface area (Å²) in [4.78, 5) is 11.1. The van der Waals surface area contributed by atoms with Gasteiger partial charge in [0.1, 0.15) is 0 Å². The minimum absolute atomic E-state index is 0.136. The molecule has 0 bridgehead atoms. The maximum atomic E-state index is 11.1. The molecule has 1 amide bonds. The fraction of sp³-hybridized carbons (Fsp3) is 0.462. The maximum absolute atomic E-state index is 11.1. The number of carbonyl (C=O) groups excluding carboxylic acids is 1. The summed E-state index contributed by atoms with van der Waals surface area (Å²) in [6.45, 7) is 6.05. The molecule has 0 heterocycles. The highest BCUT2D eigenvalue weighted by atomic mass is 16.1. The van der Waals surface area contributed by atoms with Crippen molar-refractivity contribution in [2.75, 3.05) is 0 Å². The van der Waals surface area contributed by atoms with Crippen molar-refractivity contribution < 1.29 is 4.79 Å². The van der Waals surface area contributed by atoms with Crippen LogP contribution in [0.25, 0.3) is 0 Å². The Morgan fingerprint density at radius 1 is 1.50 bits per heavy atom. The van der Waals surface area contributed by atoms with Gasteiger partial charge in [0, 0.05) is 6.04 Å². The van der Waals surface area contributed by atoms with Crippen molar-refractivity contribution in [2.24, 2.45) is 5.73 Å². The highest BCUT2D eigenvalue weighted by Gasteiger charge is 2.16. The largest absolute Gasteiger partial charge is 0.368 e. The second-order valence-corrected chi connectivity index (χ2v) is 4.17. The Morgan fingerprint density at radius 3 is 2.69 bits per heavy atom.